The van der Waals surface area contributed by atoms with Gasteiger partial charge in [0.05, 0.1) is 46.1 Å². The van der Waals surface area contributed by atoms with Crippen molar-refractivity contribution in [2.45, 2.75) is 6.61 Å². The van der Waals surface area contributed by atoms with Gasteiger partial charge >= 0.3 is 5.63 Å². The van der Waals surface area contributed by atoms with Gasteiger partial charge in [-0.15, -0.1) is 5.10 Å². The van der Waals surface area contributed by atoms with E-state index < -0.39 is 5.63 Å². The Labute approximate surface area is 377 Å². The van der Waals surface area contributed by atoms with Crippen molar-refractivity contribution >= 4 is 57.3 Å². The number of aromatic nitrogens is 7. The predicted octanol–water partition coefficient (Wildman–Crippen LogP) is 12.6. The van der Waals surface area contributed by atoms with Crippen LogP contribution in [0.2, 0.25) is 0 Å². The molecule has 10 aromatic rings. The van der Waals surface area contributed by atoms with E-state index in [-0.39, 0.29) is 6.61 Å². The van der Waals surface area contributed by atoms with Crippen molar-refractivity contribution in [3.05, 3.63) is 215 Å². The summed E-state index contributed by atoms with van der Waals surface area (Å²) in [4.78, 5) is 30.7. The third-order valence-corrected chi connectivity index (χ3v) is 11.9. The maximum atomic E-state index is 12.2. The highest BCUT2D eigenvalue weighted by atomic mass is 16.5. The van der Waals surface area contributed by atoms with E-state index in [9.17, 15) is 4.79 Å². The average Bonchev–Trinajstić information content (AvgIpc) is 4.24. The minimum atomic E-state index is -0.481. The van der Waals surface area contributed by atoms with Gasteiger partial charge in [0, 0.05) is 44.3 Å². The van der Waals surface area contributed by atoms with Crippen molar-refractivity contribution in [1.82, 2.24) is 34.9 Å². The Kier molecular flexibility index (Phi) is 9.45. The summed E-state index contributed by atoms with van der Waals surface area (Å²) < 4.78 is 13.1. The molecule has 2 N–H and O–H groups in total. The molecule has 5 aromatic carbocycles. The van der Waals surface area contributed by atoms with Crippen LogP contribution in [0.1, 0.15) is 28.5 Å². The lowest BCUT2D eigenvalue weighted by Crippen LogP contribution is -2.02. The second-order valence-electron chi connectivity index (χ2n) is 16.0. The number of rotatable bonds is 8. The first-order chi connectivity index (χ1) is 32.6. The molecular weight excluding hydrogens is 819 g/mol. The molecule has 0 unspecified atom stereocenters. The maximum Gasteiger partial charge on any atom is 0.339 e. The minimum absolute atomic E-state index is 0.116. The predicted molar refractivity (Wildman–Crippen MR) is 262 cm³/mol. The van der Waals surface area contributed by atoms with E-state index >= 15 is 0 Å². The molecule has 2 aliphatic rings. The monoisotopic (exact) mass is 855 g/mol. The molecule has 2 aliphatic heterocycles. The molecule has 0 saturated carbocycles. The Bertz CT molecular complexity index is 3740. The fourth-order valence-corrected chi connectivity index (χ4v) is 8.86. The smallest absolute Gasteiger partial charge is 0.339 e. The molecule has 0 spiro atoms. The Morgan fingerprint density at radius 3 is 1.42 bits per heavy atom. The summed E-state index contributed by atoms with van der Waals surface area (Å²) in [5.74, 6) is 0.426. The van der Waals surface area contributed by atoms with Crippen LogP contribution in [-0.4, -0.2) is 34.9 Å². The molecule has 0 aliphatic carbocycles. The molecule has 66 heavy (non-hydrogen) atoms. The summed E-state index contributed by atoms with van der Waals surface area (Å²) in [6.45, 7) is 0.116. The summed E-state index contributed by atoms with van der Waals surface area (Å²) in [7, 11) is 0. The third kappa shape index (κ3) is 7.08. The number of benzene rings is 5. The first-order valence-corrected chi connectivity index (χ1v) is 21.6. The number of para-hydroxylation sites is 1. The first-order valence-electron chi connectivity index (χ1n) is 21.6. The SMILES string of the molecule is O=c1cc(OCc2cn(-c3ccc(-c4c5nc(c(-c6ccccc6)c6ccc([nH]6)c(-c6ccccc6)c6nc(c(-c7ccccc7)c7ccc4[nH]7)C=C6)C=C5)cc3)nn2)c2ccccc2o1. The standard InChI is InChI=1S/C56H37N7O3/c64-52-32-51(41-18-10-11-19-50(41)66-52)65-34-39-33-63(62-61-39)40-22-20-38(21-23-40)56-48-30-28-46(59-48)54(36-14-6-2-7-15-36)44-26-24-42(57-44)53(35-12-4-1-5-13-35)43-25-27-45(58-43)55(37-16-8-3-9-17-37)47-29-31-49(56)60-47/h1-33,57,60H,34H2. The second-order valence-corrected chi connectivity index (χ2v) is 16.0. The highest BCUT2D eigenvalue weighted by Crippen LogP contribution is 2.38. The summed E-state index contributed by atoms with van der Waals surface area (Å²) in [6.07, 6.45) is 10.3. The second kappa shape index (κ2) is 16.2. The van der Waals surface area contributed by atoms with Crippen LogP contribution in [-0.2, 0) is 6.61 Å². The van der Waals surface area contributed by atoms with Crippen LogP contribution in [0, 0.1) is 0 Å². The molecule has 10 nitrogen and oxygen atoms in total. The van der Waals surface area contributed by atoms with Gasteiger partial charge in [0.2, 0.25) is 0 Å². The largest absolute Gasteiger partial charge is 0.486 e. The van der Waals surface area contributed by atoms with Gasteiger partial charge in [-0.2, -0.15) is 0 Å². The summed E-state index contributed by atoms with van der Waals surface area (Å²) in [6, 6.07) is 56.6. The van der Waals surface area contributed by atoms with Crippen LogP contribution in [0.3, 0.4) is 0 Å². The first kappa shape index (κ1) is 38.5. The number of H-pyrrole nitrogens is 2. The van der Waals surface area contributed by atoms with Gasteiger partial charge < -0.3 is 19.1 Å². The van der Waals surface area contributed by atoms with Gasteiger partial charge in [-0.25, -0.2) is 19.4 Å². The lowest BCUT2D eigenvalue weighted by Gasteiger charge is -2.08. The highest BCUT2D eigenvalue weighted by Gasteiger charge is 2.19. The molecule has 7 heterocycles. The number of nitrogens with one attached hydrogen (secondary N) is 2. The Morgan fingerprint density at radius 2 is 0.939 bits per heavy atom. The van der Waals surface area contributed by atoms with E-state index in [2.05, 4.69) is 154 Å². The Morgan fingerprint density at radius 1 is 0.500 bits per heavy atom. The fraction of sp³-hybridized carbons (Fsp3) is 0.0179. The topological polar surface area (TPSA) is 128 Å². The van der Waals surface area contributed by atoms with Crippen molar-refractivity contribution in [3.63, 3.8) is 0 Å². The van der Waals surface area contributed by atoms with E-state index in [4.69, 9.17) is 19.1 Å². The van der Waals surface area contributed by atoms with Crippen LogP contribution in [0.5, 0.6) is 5.75 Å². The molecule has 5 aromatic heterocycles. The normalized spacial score (nSPS) is 11.9. The molecule has 0 saturated heterocycles. The van der Waals surface area contributed by atoms with Gasteiger partial charge in [-0.3, -0.25) is 0 Å². The van der Waals surface area contributed by atoms with Crippen LogP contribution in [0.15, 0.2) is 185 Å². The Balaban J connectivity index is 1.03. The fourth-order valence-electron chi connectivity index (χ4n) is 8.86. The molecular formula is C56H37N7O3. The van der Waals surface area contributed by atoms with Gasteiger partial charge in [0.25, 0.3) is 0 Å². The molecule has 8 bridgehead atoms. The maximum absolute atomic E-state index is 12.2. The van der Waals surface area contributed by atoms with Gasteiger partial charge in [-0.1, -0.05) is 120 Å². The summed E-state index contributed by atoms with van der Waals surface area (Å²) >= 11 is 0. The van der Waals surface area contributed by atoms with Gasteiger partial charge in [-0.05, 0) is 95.1 Å². The number of nitrogens with zero attached hydrogens (tertiary/aromatic N) is 5. The molecule has 10 heteroatoms. The van der Waals surface area contributed by atoms with Crippen LogP contribution < -0.4 is 10.4 Å². The van der Waals surface area contributed by atoms with Crippen molar-refractivity contribution < 1.29 is 9.15 Å². The van der Waals surface area contributed by atoms with Crippen LogP contribution in [0.25, 0.3) is 108 Å². The van der Waals surface area contributed by atoms with Gasteiger partial charge in [0.15, 0.2) is 0 Å². The van der Waals surface area contributed by atoms with Crippen molar-refractivity contribution in [3.8, 4) is 55.9 Å². The highest BCUT2D eigenvalue weighted by molar-refractivity contribution is 6.00. The van der Waals surface area contributed by atoms with Crippen LogP contribution in [0.4, 0.5) is 0 Å². The molecule has 12 rings (SSSR count). The number of aromatic amines is 2. The number of hydrogen-bond donors (Lipinski definition) is 2. The number of fused-ring (bicyclic) bond motifs is 9. The van der Waals surface area contributed by atoms with E-state index in [1.807, 2.05) is 54.7 Å². The number of hydrogen-bond acceptors (Lipinski definition) is 7. The van der Waals surface area contributed by atoms with Crippen molar-refractivity contribution in [1.29, 1.82) is 0 Å². The Hall–Kier alpha value is -9.15. The molecule has 0 atom stereocenters. The minimum Gasteiger partial charge on any atom is -0.486 e. The third-order valence-electron chi connectivity index (χ3n) is 11.9. The van der Waals surface area contributed by atoms with Crippen LogP contribution >= 0.6 is 0 Å². The van der Waals surface area contributed by atoms with E-state index in [1.54, 1.807) is 10.7 Å². The van der Waals surface area contributed by atoms with E-state index in [0.717, 1.165) is 95.0 Å². The number of ether oxygens (including phenoxy) is 1. The van der Waals surface area contributed by atoms with E-state index in [0.29, 0.717) is 22.4 Å². The lowest BCUT2D eigenvalue weighted by atomic mass is 10.0. The average molecular weight is 856 g/mol. The molecule has 0 amide bonds. The van der Waals surface area contributed by atoms with Gasteiger partial charge in [0.1, 0.15) is 23.6 Å². The summed E-state index contributed by atoms with van der Waals surface area (Å²) in [5.41, 5.74) is 16.5. The van der Waals surface area contributed by atoms with E-state index in [1.165, 1.54) is 6.07 Å². The zero-order chi connectivity index (χ0) is 44.0. The zero-order valence-corrected chi connectivity index (χ0v) is 35.2. The van der Waals surface area contributed by atoms with Crippen molar-refractivity contribution in [2.24, 2.45) is 0 Å². The quantitative estimate of drug-likeness (QED) is 0.146. The lowest BCUT2D eigenvalue weighted by molar-refractivity contribution is 0.302. The molecule has 314 valence electrons. The van der Waals surface area contributed by atoms with Crippen molar-refractivity contribution in [2.75, 3.05) is 0 Å². The summed E-state index contributed by atoms with van der Waals surface area (Å²) in [5, 5.41) is 9.50. The molecule has 0 fully saturated rings. The zero-order valence-electron chi connectivity index (χ0n) is 35.2. The molecule has 0 radical (unpaired) electrons.